The lowest BCUT2D eigenvalue weighted by Gasteiger charge is -2.29. The van der Waals surface area contributed by atoms with Crippen LogP contribution in [0.2, 0.25) is 10.0 Å². The van der Waals surface area contributed by atoms with Crippen LogP contribution >= 0.6 is 23.2 Å². The van der Waals surface area contributed by atoms with Gasteiger partial charge in [0.25, 0.3) is 11.8 Å². The third kappa shape index (κ3) is 7.30. The van der Waals surface area contributed by atoms with Gasteiger partial charge in [-0.3, -0.25) is 20.3 Å². The predicted molar refractivity (Wildman–Crippen MR) is 150 cm³/mol. The van der Waals surface area contributed by atoms with E-state index >= 15 is 0 Å². The Labute approximate surface area is 244 Å². The van der Waals surface area contributed by atoms with E-state index in [2.05, 4.69) is 15.3 Å². The lowest BCUT2D eigenvalue weighted by atomic mass is 9.98. The van der Waals surface area contributed by atoms with Crippen LogP contribution < -0.4 is 15.5 Å². The fraction of sp³-hybridized carbons (Fsp3) is 0.179. The number of nitrogens with zero attached hydrogens (tertiary/aromatic N) is 3. The zero-order chi connectivity index (χ0) is 29.5. The first-order valence-electron chi connectivity index (χ1n) is 12.2. The van der Waals surface area contributed by atoms with Crippen LogP contribution in [-0.2, 0) is 22.5 Å². The summed E-state index contributed by atoms with van der Waals surface area (Å²) >= 11 is 12.8. The van der Waals surface area contributed by atoms with Crippen molar-refractivity contribution in [2.75, 3.05) is 18.6 Å². The molecule has 13 heteroatoms. The van der Waals surface area contributed by atoms with E-state index < -0.39 is 17.7 Å². The number of alkyl carbamates (subject to hydrolysis) is 1. The quantitative estimate of drug-likeness (QED) is 0.252. The van der Waals surface area contributed by atoms with Gasteiger partial charge in [-0.25, -0.2) is 9.18 Å². The van der Waals surface area contributed by atoms with Crippen molar-refractivity contribution in [2.24, 2.45) is 5.10 Å². The van der Waals surface area contributed by atoms with Crippen molar-refractivity contribution in [2.45, 2.75) is 19.9 Å². The number of ether oxygens (including phenoxy) is 2. The fourth-order valence-corrected chi connectivity index (χ4v) is 4.55. The molecular formula is C28H22Cl2FN5O5. The molecule has 1 aliphatic heterocycles. The number of hydrogen-bond acceptors (Lipinski definition) is 8. The highest BCUT2D eigenvalue weighted by atomic mass is 35.5. The molecule has 3 aromatic carbocycles. The molecule has 10 nitrogen and oxygen atoms in total. The van der Waals surface area contributed by atoms with Crippen molar-refractivity contribution in [1.82, 2.24) is 10.2 Å². The summed E-state index contributed by atoms with van der Waals surface area (Å²) in [5.41, 5.74) is 4.10. The number of amides is 3. The summed E-state index contributed by atoms with van der Waals surface area (Å²) in [5, 5.41) is 14.9. The monoisotopic (exact) mass is 597 g/mol. The number of carbonyl (C=O) groups is 3. The lowest BCUT2D eigenvalue weighted by Crippen LogP contribution is -2.37. The second-order valence-electron chi connectivity index (χ2n) is 8.66. The number of nitrogens with one attached hydrogen (secondary N) is 2. The van der Waals surface area contributed by atoms with Gasteiger partial charge in [-0.05, 0) is 66.9 Å². The Morgan fingerprint density at radius 2 is 1.90 bits per heavy atom. The molecule has 0 atom stereocenters. The Hall–Kier alpha value is -4.66. The highest BCUT2D eigenvalue weighted by molar-refractivity contribution is 6.47. The molecule has 0 radical (unpaired) electrons. The first-order chi connectivity index (χ1) is 19.7. The number of rotatable bonds is 8. The van der Waals surface area contributed by atoms with Crippen molar-refractivity contribution in [3.63, 3.8) is 0 Å². The van der Waals surface area contributed by atoms with Crippen LogP contribution in [0.1, 0.15) is 28.4 Å². The Kier molecular flexibility index (Phi) is 9.39. The molecule has 3 amide bonds. The topological polar surface area (TPSA) is 133 Å². The van der Waals surface area contributed by atoms with Gasteiger partial charge in [0.05, 0.1) is 22.3 Å². The molecule has 41 heavy (non-hydrogen) atoms. The number of hydrogen-bond donors (Lipinski definition) is 2. The molecule has 0 saturated carbocycles. The molecule has 4 rings (SSSR count). The van der Waals surface area contributed by atoms with E-state index in [4.69, 9.17) is 27.9 Å². The smallest absolute Gasteiger partial charge is 0.414 e. The van der Waals surface area contributed by atoms with Gasteiger partial charge < -0.3 is 14.4 Å². The van der Waals surface area contributed by atoms with Crippen LogP contribution in [0.25, 0.3) is 0 Å². The predicted octanol–water partition coefficient (Wildman–Crippen LogP) is 5.69. The molecule has 0 spiro atoms. The third-order valence-electron chi connectivity index (χ3n) is 5.83. The van der Waals surface area contributed by atoms with E-state index in [-0.39, 0.29) is 39.8 Å². The van der Waals surface area contributed by atoms with Gasteiger partial charge in [-0.15, -0.1) is 0 Å². The molecule has 0 aliphatic carbocycles. The Morgan fingerprint density at radius 1 is 1.15 bits per heavy atom. The molecular weight excluding hydrogens is 576 g/mol. The summed E-state index contributed by atoms with van der Waals surface area (Å²) in [5.74, 6) is -1.04. The average molecular weight is 598 g/mol. The standard InChI is InChI=1S/C28H22Cl2FN5O5/c1-2-40-28(39)33-26(37)24(14-32)35-34-19-12-22(29)25(23(30)13-19)41-20-6-7-21-17(11-20)8-9-36(27(21)38)15-16-4-3-5-18(31)10-16/h3-7,10-13,34H,2,8-9,15H2,1H3,(H,33,37,39). The summed E-state index contributed by atoms with van der Waals surface area (Å²) in [4.78, 5) is 38.1. The molecule has 0 fully saturated rings. The van der Waals surface area contributed by atoms with E-state index in [9.17, 15) is 24.0 Å². The summed E-state index contributed by atoms with van der Waals surface area (Å²) in [7, 11) is 0. The molecule has 0 bridgehead atoms. The van der Waals surface area contributed by atoms with Crippen molar-refractivity contribution < 1.29 is 28.2 Å². The minimum absolute atomic E-state index is 0.0437. The SMILES string of the molecule is CCOC(=O)NC(=O)C(C#N)=NNc1cc(Cl)c(Oc2ccc3c(c2)CCN(Cc2cccc(F)c2)C3=O)c(Cl)c1. The molecule has 210 valence electrons. The normalized spacial score (nSPS) is 12.7. The van der Waals surface area contributed by atoms with Gasteiger partial charge in [0.2, 0.25) is 5.71 Å². The van der Waals surface area contributed by atoms with Crippen molar-refractivity contribution in [3.05, 3.63) is 87.2 Å². The van der Waals surface area contributed by atoms with Crippen LogP contribution in [0, 0.1) is 17.1 Å². The molecule has 0 saturated heterocycles. The van der Waals surface area contributed by atoms with E-state index in [0.717, 1.165) is 5.56 Å². The number of halogens is 3. The van der Waals surface area contributed by atoms with Gasteiger partial charge in [0, 0.05) is 18.7 Å². The van der Waals surface area contributed by atoms with Crippen molar-refractivity contribution >= 4 is 52.5 Å². The number of hydrazone groups is 1. The van der Waals surface area contributed by atoms with Crippen LogP contribution in [-0.4, -0.2) is 41.7 Å². The van der Waals surface area contributed by atoms with E-state index in [1.807, 2.05) is 5.32 Å². The number of anilines is 1. The largest absolute Gasteiger partial charge is 0.454 e. The number of nitriles is 1. The maximum Gasteiger partial charge on any atom is 0.414 e. The Bertz CT molecular complexity index is 1570. The first kappa shape index (κ1) is 29.3. The zero-order valence-corrected chi connectivity index (χ0v) is 23.1. The highest BCUT2D eigenvalue weighted by Gasteiger charge is 2.25. The molecule has 2 N–H and O–H groups in total. The van der Waals surface area contributed by atoms with Crippen LogP contribution in [0.15, 0.2) is 59.7 Å². The molecule has 0 aromatic heterocycles. The van der Waals surface area contributed by atoms with Crippen LogP contribution in [0.5, 0.6) is 11.5 Å². The van der Waals surface area contributed by atoms with E-state index in [1.165, 1.54) is 24.3 Å². The van der Waals surface area contributed by atoms with Crippen LogP contribution in [0.4, 0.5) is 14.9 Å². The second kappa shape index (κ2) is 13.1. The molecule has 1 aliphatic rings. The summed E-state index contributed by atoms with van der Waals surface area (Å²) < 4.78 is 24.1. The summed E-state index contributed by atoms with van der Waals surface area (Å²) in [6.45, 7) is 2.36. The van der Waals surface area contributed by atoms with Gasteiger partial charge in [-0.2, -0.15) is 10.4 Å². The second-order valence-corrected chi connectivity index (χ2v) is 9.47. The van der Waals surface area contributed by atoms with Gasteiger partial charge in [-0.1, -0.05) is 35.3 Å². The third-order valence-corrected chi connectivity index (χ3v) is 6.40. The minimum Gasteiger partial charge on any atom is -0.454 e. The Morgan fingerprint density at radius 3 is 2.59 bits per heavy atom. The van der Waals surface area contributed by atoms with Gasteiger partial charge >= 0.3 is 6.09 Å². The molecule has 0 unspecified atom stereocenters. The fourth-order valence-electron chi connectivity index (χ4n) is 3.99. The number of carbonyl (C=O) groups excluding carboxylic acids is 3. The van der Waals surface area contributed by atoms with Gasteiger partial charge in [0.15, 0.2) is 5.75 Å². The van der Waals surface area contributed by atoms with Crippen molar-refractivity contribution in [3.8, 4) is 17.6 Å². The Balaban J connectivity index is 1.44. The maximum absolute atomic E-state index is 13.5. The van der Waals surface area contributed by atoms with E-state index in [1.54, 1.807) is 48.2 Å². The van der Waals surface area contributed by atoms with E-state index in [0.29, 0.717) is 36.4 Å². The zero-order valence-electron chi connectivity index (χ0n) is 21.5. The average Bonchev–Trinajstić information content (AvgIpc) is 2.93. The minimum atomic E-state index is -1.06. The van der Waals surface area contributed by atoms with Crippen molar-refractivity contribution in [1.29, 1.82) is 5.26 Å². The highest BCUT2D eigenvalue weighted by Crippen LogP contribution is 2.39. The molecule has 1 heterocycles. The van der Waals surface area contributed by atoms with Crippen LogP contribution in [0.3, 0.4) is 0 Å². The number of benzene rings is 3. The number of fused-ring (bicyclic) bond motifs is 1. The molecule has 3 aromatic rings. The van der Waals surface area contributed by atoms with Gasteiger partial charge in [0.1, 0.15) is 17.6 Å². The summed E-state index contributed by atoms with van der Waals surface area (Å²) in [6.07, 6.45) is -0.443. The maximum atomic E-state index is 13.5. The number of imide groups is 1. The first-order valence-corrected chi connectivity index (χ1v) is 13.0. The lowest BCUT2D eigenvalue weighted by molar-refractivity contribution is -0.114. The summed E-state index contributed by atoms with van der Waals surface area (Å²) in [6, 6.07) is 15.6.